The van der Waals surface area contributed by atoms with E-state index in [0.717, 1.165) is 5.56 Å². The molecule has 0 saturated carbocycles. The van der Waals surface area contributed by atoms with Crippen molar-refractivity contribution in [2.24, 2.45) is 0 Å². The largest absolute Gasteiger partial charge is 0.384 e. The molecule has 0 aliphatic rings. The molecule has 20 heavy (non-hydrogen) atoms. The molecule has 2 N–H and O–H groups in total. The molecular formula is C15H12FNO2S. The predicted octanol–water partition coefficient (Wildman–Crippen LogP) is 2.79. The van der Waals surface area contributed by atoms with E-state index in [4.69, 9.17) is 5.11 Å². The van der Waals surface area contributed by atoms with Crippen molar-refractivity contribution < 1.29 is 14.3 Å². The Bertz CT molecular complexity index is 697. The molecule has 0 fully saturated rings. The van der Waals surface area contributed by atoms with Crippen LogP contribution in [0.4, 0.5) is 10.1 Å². The minimum Gasteiger partial charge on any atom is -0.384 e. The molecule has 0 aliphatic carbocycles. The van der Waals surface area contributed by atoms with Crippen LogP contribution in [0.1, 0.15) is 20.8 Å². The van der Waals surface area contributed by atoms with Crippen molar-refractivity contribution >= 4 is 22.9 Å². The second-order valence-corrected chi connectivity index (χ2v) is 4.98. The molecule has 0 atom stereocenters. The molecule has 0 saturated heterocycles. The van der Waals surface area contributed by atoms with Crippen molar-refractivity contribution in [1.29, 1.82) is 0 Å². The van der Waals surface area contributed by atoms with E-state index in [-0.39, 0.29) is 12.3 Å². The summed E-state index contributed by atoms with van der Waals surface area (Å²) >= 11 is 1.22. The Kier molecular flexibility index (Phi) is 4.51. The number of aliphatic hydroxyl groups excluding tert-OH is 1. The van der Waals surface area contributed by atoms with Crippen LogP contribution in [0.3, 0.4) is 0 Å². The average molecular weight is 289 g/mol. The van der Waals surface area contributed by atoms with Gasteiger partial charge in [0.2, 0.25) is 0 Å². The summed E-state index contributed by atoms with van der Waals surface area (Å²) in [5, 5.41) is 12.9. The Morgan fingerprint density at radius 1 is 1.45 bits per heavy atom. The zero-order valence-electron chi connectivity index (χ0n) is 10.7. The summed E-state index contributed by atoms with van der Waals surface area (Å²) in [4.78, 5) is 12.5. The van der Waals surface area contributed by atoms with Crippen molar-refractivity contribution in [1.82, 2.24) is 0 Å². The molecule has 1 aromatic heterocycles. The first-order valence-corrected chi connectivity index (χ1v) is 6.74. The fourth-order valence-corrected chi connectivity index (χ4v) is 2.38. The minimum atomic E-state index is -0.483. The molecule has 2 rings (SSSR count). The van der Waals surface area contributed by atoms with Gasteiger partial charge in [0.05, 0.1) is 5.69 Å². The van der Waals surface area contributed by atoms with Crippen LogP contribution in [0.15, 0.2) is 29.6 Å². The van der Waals surface area contributed by atoms with Crippen LogP contribution in [0.5, 0.6) is 0 Å². The van der Waals surface area contributed by atoms with E-state index in [9.17, 15) is 9.18 Å². The normalized spacial score (nSPS) is 9.75. The van der Waals surface area contributed by atoms with E-state index in [1.165, 1.54) is 17.4 Å². The standard InChI is InChI=1S/C15H12FNO2S/c1-10-4-5-12(16)13(9-10)17-15(19)14-11(3-2-7-18)6-8-20-14/h4-6,8-9,18H,7H2,1H3,(H,17,19). The van der Waals surface area contributed by atoms with Crippen LogP contribution in [-0.2, 0) is 0 Å². The highest BCUT2D eigenvalue weighted by Crippen LogP contribution is 2.20. The lowest BCUT2D eigenvalue weighted by Gasteiger charge is -2.06. The highest BCUT2D eigenvalue weighted by atomic mass is 32.1. The molecule has 102 valence electrons. The second kappa shape index (κ2) is 6.33. The van der Waals surface area contributed by atoms with E-state index >= 15 is 0 Å². The van der Waals surface area contributed by atoms with E-state index in [1.54, 1.807) is 23.6 Å². The summed E-state index contributed by atoms with van der Waals surface area (Å²) < 4.78 is 13.6. The monoisotopic (exact) mass is 289 g/mol. The third-order valence-corrected chi connectivity index (χ3v) is 3.46. The molecule has 1 aromatic carbocycles. The summed E-state index contributed by atoms with van der Waals surface area (Å²) in [6, 6.07) is 6.20. The van der Waals surface area contributed by atoms with Gasteiger partial charge in [-0.15, -0.1) is 11.3 Å². The molecular weight excluding hydrogens is 277 g/mol. The number of benzene rings is 1. The van der Waals surface area contributed by atoms with Gasteiger partial charge in [0.25, 0.3) is 5.91 Å². The number of aliphatic hydroxyl groups is 1. The lowest BCUT2D eigenvalue weighted by molar-refractivity contribution is 0.103. The van der Waals surface area contributed by atoms with Crippen LogP contribution in [-0.4, -0.2) is 17.6 Å². The molecule has 0 bridgehead atoms. The zero-order chi connectivity index (χ0) is 14.5. The van der Waals surface area contributed by atoms with Crippen molar-refractivity contribution in [3.63, 3.8) is 0 Å². The van der Waals surface area contributed by atoms with Crippen LogP contribution in [0.25, 0.3) is 0 Å². The smallest absolute Gasteiger partial charge is 0.267 e. The second-order valence-electron chi connectivity index (χ2n) is 4.06. The molecule has 0 radical (unpaired) electrons. The number of hydrogen-bond acceptors (Lipinski definition) is 3. The zero-order valence-corrected chi connectivity index (χ0v) is 11.6. The van der Waals surface area contributed by atoms with Crippen molar-refractivity contribution in [2.75, 3.05) is 11.9 Å². The van der Waals surface area contributed by atoms with Gasteiger partial charge in [0.1, 0.15) is 17.3 Å². The van der Waals surface area contributed by atoms with E-state index in [2.05, 4.69) is 17.2 Å². The minimum absolute atomic E-state index is 0.143. The number of thiophene rings is 1. The summed E-state index contributed by atoms with van der Waals surface area (Å²) in [7, 11) is 0. The first-order chi connectivity index (χ1) is 9.61. The molecule has 0 aliphatic heterocycles. The number of amides is 1. The average Bonchev–Trinajstić information content (AvgIpc) is 2.89. The Labute approximate surface area is 120 Å². The van der Waals surface area contributed by atoms with Crippen LogP contribution >= 0.6 is 11.3 Å². The number of nitrogens with one attached hydrogen (secondary N) is 1. The fourth-order valence-electron chi connectivity index (χ4n) is 1.63. The molecule has 5 heteroatoms. The Morgan fingerprint density at radius 2 is 2.25 bits per heavy atom. The first kappa shape index (κ1) is 14.3. The van der Waals surface area contributed by atoms with E-state index in [1.807, 2.05) is 6.92 Å². The van der Waals surface area contributed by atoms with Gasteiger partial charge in [0, 0.05) is 5.56 Å². The topological polar surface area (TPSA) is 49.3 Å². The first-order valence-electron chi connectivity index (χ1n) is 5.86. The van der Waals surface area contributed by atoms with Gasteiger partial charge in [-0.2, -0.15) is 0 Å². The summed E-state index contributed by atoms with van der Waals surface area (Å²) in [6.07, 6.45) is 0. The fraction of sp³-hybridized carbons (Fsp3) is 0.133. The van der Waals surface area contributed by atoms with Gasteiger partial charge in [-0.1, -0.05) is 17.9 Å². The summed E-state index contributed by atoms with van der Waals surface area (Å²) in [5.41, 5.74) is 1.52. The summed E-state index contributed by atoms with van der Waals surface area (Å²) in [5.74, 6) is 4.29. The third-order valence-electron chi connectivity index (χ3n) is 2.54. The molecule has 1 amide bonds. The van der Waals surface area contributed by atoms with Crippen molar-refractivity contribution in [2.45, 2.75) is 6.92 Å². The molecule has 3 nitrogen and oxygen atoms in total. The van der Waals surface area contributed by atoms with E-state index in [0.29, 0.717) is 10.4 Å². The summed E-state index contributed by atoms with van der Waals surface area (Å²) in [6.45, 7) is 1.54. The maximum atomic E-state index is 13.6. The number of anilines is 1. The van der Waals surface area contributed by atoms with Crippen molar-refractivity contribution in [3.05, 3.63) is 51.5 Å². The van der Waals surface area contributed by atoms with Crippen molar-refractivity contribution in [3.8, 4) is 11.8 Å². The highest BCUT2D eigenvalue weighted by molar-refractivity contribution is 7.12. The highest BCUT2D eigenvalue weighted by Gasteiger charge is 2.14. The van der Waals surface area contributed by atoms with Gasteiger partial charge < -0.3 is 10.4 Å². The quantitative estimate of drug-likeness (QED) is 0.835. The van der Waals surface area contributed by atoms with Crippen LogP contribution in [0, 0.1) is 24.6 Å². The number of halogens is 1. The van der Waals surface area contributed by atoms with Gasteiger partial charge in [-0.05, 0) is 36.1 Å². The lowest BCUT2D eigenvalue weighted by Crippen LogP contribution is -2.12. The molecule has 0 spiro atoms. The Hall–Kier alpha value is -2.16. The Morgan fingerprint density at radius 3 is 3.00 bits per heavy atom. The van der Waals surface area contributed by atoms with Crippen LogP contribution < -0.4 is 5.32 Å². The maximum Gasteiger partial charge on any atom is 0.267 e. The van der Waals surface area contributed by atoms with Gasteiger partial charge in [-0.3, -0.25) is 4.79 Å². The predicted molar refractivity (Wildman–Crippen MR) is 77.4 cm³/mol. The van der Waals surface area contributed by atoms with Gasteiger partial charge in [-0.25, -0.2) is 4.39 Å². The molecule has 0 unspecified atom stereocenters. The maximum absolute atomic E-state index is 13.6. The van der Waals surface area contributed by atoms with Gasteiger partial charge >= 0.3 is 0 Å². The SMILES string of the molecule is Cc1ccc(F)c(NC(=O)c2sccc2C#CCO)c1. The van der Waals surface area contributed by atoms with Crippen LogP contribution in [0.2, 0.25) is 0 Å². The third kappa shape index (κ3) is 3.23. The number of carbonyl (C=O) groups excluding carboxylic acids is 1. The molecule has 2 aromatic rings. The lowest BCUT2D eigenvalue weighted by atomic mass is 10.2. The number of hydrogen-bond donors (Lipinski definition) is 2. The van der Waals surface area contributed by atoms with Gasteiger partial charge in [0.15, 0.2) is 0 Å². The molecule has 1 heterocycles. The Balaban J connectivity index is 2.24. The number of rotatable bonds is 2. The number of carbonyl (C=O) groups is 1. The van der Waals surface area contributed by atoms with E-state index < -0.39 is 11.7 Å². The number of aryl methyl sites for hydroxylation is 1.